The molecule has 0 saturated carbocycles. The van der Waals surface area contributed by atoms with Gasteiger partial charge in [-0.2, -0.15) is 0 Å². The fraction of sp³-hybridized carbons (Fsp3) is 0.457. The van der Waals surface area contributed by atoms with Crippen molar-refractivity contribution in [3.8, 4) is 5.75 Å². The number of rotatable bonds is 21. The highest BCUT2D eigenvalue weighted by molar-refractivity contribution is 5.96. The van der Waals surface area contributed by atoms with Gasteiger partial charge in [-0.3, -0.25) is 29.0 Å². The lowest BCUT2D eigenvalue weighted by atomic mass is 10.00. The summed E-state index contributed by atoms with van der Waals surface area (Å²) >= 11 is 0. The Labute approximate surface area is 302 Å². The lowest BCUT2D eigenvalue weighted by Gasteiger charge is -2.27. The van der Waals surface area contributed by atoms with E-state index in [-0.39, 0.29) is 56.4 Å². The van der Waals surface area contributed by atoms with Crippen LogP contribution in [0, 0.1) is 5.92 Å². The Balaban J connectivity index is 2.25. The van der Waals surface area contributed by atoms with Crippen molar-refractivity contribution in [3.63, 3.8) is 0 Å². The van der Waals surface area contributed by atoms with Gasteiger partial charge in [-0.15, -0.1) is 0 Å². The molecule has 17 heteroatoms. The lowest BCUT2D eigenvalue weighted by Crippen LogP contribution is -2.59. The number of phenols is 1. The number of hydrogen-bond acceptors (Lipinski definition) is 9. The molecule has 0 spiro atoms. The summed E-state index contributed by atoms with van der Waals surface area (Å²) in [4.78, 5) is 81.8. The van der Waals surface area contributed by atoms with Crippen LogP contribution in [-0.4, -0.2) is 95.0 Å². The molecule has 0 aromatic heterocycles. The van der Waals surface area contributed by atoms with Crippen LogP contribution < -0.4 is 43.8 Å². The second-order valence-electron chi connectivity index (χ2n) is 12.7. The Morgan fingerprint density at radius 3 is 1.81 bits per heavy atom. The van der Waals surface area contributed by atoms with Crippen molar-refractivity contribution in [1.82, 2.24) is 26.6 Å². The molecule has 2 rings (SSSR count). The van der Waals surface area contributed by atoms with E-state index in [1.54, 1.807) is 42.5 Å². The van der Waals surface area contributed by atoms with Crippen LogP contribution in [-0.2, 0) is 41.6 Å². The average molecular weight is 726 g/mol. The molecular weight excluding hydrogens is 674 g/mol. The number of guanidine groups is 1. The number of carbonyl (C=O) groups is 6. The molecule has 52 heavy (non-hydrogen) atoms. The number of carboxylic acids is 1. The maximum absolute atomic E-state index is 13.8. The van der Waals surface area contributed by atoms with Crippen molar-refractivity contribution in [2.75, 3.05) is 13.1 Å². The average Bonchev–Trinajstić information content (AvgIpc) is 3.09. The second-order valence-corrected chi connectivity index (χ2v) is 12.7. The molecular formula is C35H51N9O8. The zero-order valence-electron chi connectivity index (χ0n) is 29.6. The first-order chi connectivity index (χ1) is 24.6. The van der Waals surface area contributed by atoms with Crippen LogP contribution in [0.5, 0.6) is 5.75 Å². The number of nitrogens with zero attached hydrogens (tertiary/aromatic N) is 1. The number of benzene rings is 2. The third kappa shape index (κ3) is 15.5. The third-order valence-corrected chi connectivity index (χ3v) is 7.78. The topological polar surface area (TPSA) is 293 Å². The Kier molecular flexibility index (Phi) is 17.5. The Bertz CT molecular complexity index is 1530. The summed E-state index contributed by atoms with van der Waals surface area (Å²) in [5.41, 5.74) is 17.3. The predicted octanol–water partition coefficient (Wildman–Crippen LogP) is -1.24. The van der Waals surface area contributed by atoms with Crippen molar-refractivity contribution in [2.45, 2.75) is 83.1 Å². The molecule has 0 saturated heterocycles. The van der Waals surface area contributed by atoms with Gasteiger partial charge in [0.05, 0.1) is 6.54 Å². The Hall–Kier alpha value is -5.71. The summed E-state index contributed by atoms with van der Waals surface area (Å²) < 4.78 is 0. The normalized spacial score (nSPS) is 13.7. The molecule has 2 aromatic rings. The first-order valence-electron chi connectivity index (χ1n) is 16.9. The fourth-order valence-electron chi connectivity index (χ4n) is 5.08. The van der Waals surface area contributed by atoms with Gasteiger partial charge < -0.3 is 54.0 Å². The van der Waals surface area contributed by atoms with Gasteiger partial charge in [0.1, 0.15) is 36.0 Å². The molecule has 0 bridgehead atoms. The van der Waals surface area contributed by atoms with E-state index in [4.69, 9.17) is 17.2 Å². The van der Waals surface area contributed by atoms with Crippen molar-refractivity contribution in [2.24, 2.45) is 28.1 Å². The van der Waals surface area contributed by atoms with Crippen LogP contribution in [0.4, 0.5) is 0 Å². The SMILES string of the molecule is CC(C)C[C@H](NC(=O)[C@H](Cc1ccc(O)cc1)NC(=O)[C@H](C)NC(=O)[C@H](CCCN=C(N)N)NC(=O)CN)C(=O)N[C@@H](Cc1ccccc1)C(=O)O. The van der Waals surface area contributed by atoms with Gasteiger partial charge in [0.2, 0.25) is 29.5 Å². The number of aromatic hydroxyl groups is 1. The molecule has 0 aliphatic carbocycles. The van der Waals surface area contributed by atoms with Crippen LogP contribution in [0.2, 0.25) is 0 Å². The molecule has 2 aromatic carbocycles. The quantitative estimate of drug-likeness (QED) is 0.0413. The summed E-state index contributed by atoms with van der Waals surface area (Å²) in [6.45, 7) is 4.86. The molecule has 5 amide bonds. The van der Waals surface area contributed by atoms with E-state index < -0.39 is 65.7 Å². The minimum absolute atomic E-state index is 0.0143. The molecule has 17 nitrogen and oxygen atoms in total. The maximum Gasteiger partial charge on any atom is 0.326 e. The van der Waals surface area contributed by atoms with Gasteiger partial charge in [0.15, 0.2) is 5.96 Å². The zero-order valence-corrected chi connectivity index (χ0v) is 29.6. The highest BCUT2D eigenvalue weighted by Gasteiger charge is 2.32. The minimum atomic E-state index is -1.27. The van der Waals surface area contributed by atoms with Gasteiger partial charge >= 0.3 is 5.97 Å². The third-order valence-electron chi connectivity index (χ3n) is 7.78. The van der Waals surface area contributed by atoms with Crippen LogP contribution in [0.25, 0.3) is 0 Å². The lowest BCUT2D eigenvalue weighted by molar-refractivity contribution is -0.142. The number of phenolic OH excluding ortho intramolecular Hbond substituents is 1. The second kappa shape index (κ2) is 21.5. The van der Waals surface area contributed by atoms with E-state index in [9.17, 15) is 39.0 Å². The van der Waals surface area contributed by atoms with Crippen LogP contribution in [0.1, 0.15) is 51.2 Å². The number of nitrogens with one attached hydrogen (secondary N) is 5. The van der Waals surface area contributed by atoms with Gasteiger partial charge in [0.25, 0.3) is 0 Å². The minimum Gasteiger partial charge on any atom is -0.508 e. The zero-order chi connectivity index (χ0) is 38.8. The summed E-state index contributed by atoms with van der Waals surface area (Å²) in [6.07, 6.45) is 0.546. The van der Waals surface area contributed by atoms with E-state index >= 15 is 0 Å². The van der Waals surface area contributed by atoms with Gasteiger partial charge in [-0.25, -0.2) is 4.79 Å². The van der Waals surface area contributed by atoms with Crippen molar-refractivity contribution in [3.05, 3.63) is 65.7 Å². The molecule has 5 atom stereocenters. The highest BCUT2D eigenvalue weighted by atomic mass is 16.4. The molecule has 0 aliphatic heterocycles. The van der Waals surface area contributed by atoms with Crippen LogP contribution in [0.15, 0.2) is 59.6 Å². The summed E-state index contributed by atoms with van der Waals surface area (Å²) in [6, 6.07) is 8.72. The fourth-order valence-corrected chi connectivity index (χ4v) is 5.08. The number of carbonyl (C=O) groups excluding carboxylic acids is 5. The molecule has 284 valence electrons. The standard InChI is InChI=1S/C35H51N9O8/c1-20(2)16-26(32(49)44-28(34(51)52)18-22-8-5-4-6-9-22)43-33(50)27(17-23-11-13-24(45)14-12-23)42-30(47)21(3)40-31(48)25(41-29(46)19-36)10-7-15-39-35(37)38/h4-6,8-9,11-14,20-21,25-28,45H,7,10,15-19,36H2,1-3H3,(H,40,48)(H,41,46)(H,42,47)(H,43,50)(H,44,49)(H,51,52)(H4,37,38,39)/t21-,25-,26-,27-,28-/m0/s1. The monoisotopic (exact) mass is 725 g/mol. The van der Waals surface area contributed by atoms with Crippen molar-refractivity contribution >= 4 is 41.5 Å². The Morgan fingerprint density at radius 1 is 0.692 bits per heavy atom. The number of aliphatic imine (C=N–C) groups is 1. The van der Waals surface area contributed by atoms with Gasteiger partial charge in [-0.1, -0.05) is 56.3 Å². The molecule has 0 radical (unpaired) electrons. The molecule has 0 unspecified atom stereocenters. The van der Waals surface area contributed by atoms with E-state index in [2.05, 4.69) is 31.6 Å². The predicted molar refractivity (Wildman–Crippen MR) is 193 cm³/mol. The summed E-state index contributed by atoms with van der Waals surface area (Å²) in [5, 5.41) is 32.5. The Morgan fingerprint density at radius 2 is 1.23 bits per heavy atom. The number of aliphatic carboxylic acids is 1. The van der Waals surface area contributed by atoms with Crippen molar-refractivity contribution in [1.29, 1.82) is 0 Å². The first-order valence-corrected chi connectivity index (χ1v) is 16.9. The smallest absolute Gasteiger partial charge is 0.326 e. The van der Waals surface area contributed by atoms with E-state index in [0.29, 0.717) is 17.5 Å². The summed E-state index contributed by atoms with van der Waals surface area (Å²) in [5.74, 6) is -5.00. The number of carboxylic acid groups (broad SMARTS) is 1. The molecule has 0 heterocycles. The molecule has 0 fully saturated rings. The van der Waals surface area contributed by atoms with E-state index in [0.717, 1.165) is 0 Å². The van der Waals surface area contributed by atoms with E-state index in [1.807, 2.05) is 13.8 Å². The summed E-state index contributed by atoms with van der Waals surface area (Å²) in [7, 11) is 0. The van der Waals surface area contributed by atoms with Crippen molar-refractivity contribution < 1.29 is 39.0 Å². The van der Waals surface area contributed by atoms with Crippen LogP contribution in [0.3, 0.4) is 0 Å². The van der Waals surface area contributed by atoms with Gasteiger partial charge in [-0.05, 0) is 55.4 Å². The largest absolute Gasteiger partial charge is 0.508 e. The highest BCUT2D eigenvalue weighted by Crippen LogP contribution is 2.13. The van der Waals surface area contributed by atoms with Crippen LogP contribution >= 0.6 is 0 Å². The first kappa shape index (κ1) is 42.5. The molecule has 13 N–H and O–H groups in total. The maximum atomic E-state index is 13.8. The number of nitrogens with two attached hydrogens (primary N) is 3. The van der Waals surface area contributed by atoms with E-state index in [1.165, 1.54) is 19.1 Å². The number of hydrogen-bond donors (Lipinski definition) is 10. The number of amides is 5. The molecule has 0 aliphatic rings. The van der Waals surface area contributed by atoms with Gasteiger partial charge in [0, 0.05) is 19.4 Å².